The molecule has 0 aliphatic carbocycles. The summed E-state index contributed by atoms with van der Waals surface area (Å²) in [4.78, 5) is 22.6. The second-order valence-electron chi connectivity index (χ2n) is 8.66. The van der Waals surface area contributed by atoms with Gasteiger partial charge in [-0.05, 0) is 42.7 Å². The Morgan fingerprint density at radius 3 is 2.53 bits per heavy atom. The Labute approximate surface area is 202 Å². The van der Waals surface area contributed by atoms with Crippen molar-refractivity contribution in [3.05, 3.63) is 106 Å². The number of H-pyrrole nitrogens is 1. The summed E-state index contributed by atoms with van der Waals surface area (Å²) in [5.41, 5.74) is 5.11. The summed E-state index contributed by atoms with van der Waals surface area (Å²) >= 11 is 1.69. The lowest BCUT2D eigenvalue weighted by Crippen LogP contribution is -2.12. The van der Waals surface area contributed by atoms with Crippen LogP contribution in [0.25, 0.3) is 22.2 Å². The zero-order valence-electron chi connectivity index (χ0n) is 19.0. The zero-order chi connectivity index (χ0) is 23.5. The number of benzene rings is 3. The van der Waals surface area contributed by atoms with Crippen LogP contribution in [0.2, 0.25) is 0 Å². The number of Topliss-reactive ketones (excluding diaryl/α,β-unsaturated/α-hetero) is 1. The van der Waals surface area contributed by atoms with Crippen LogP contribution in [-0.4, -0.2) is 20.9 Å². The molecule has 0 aliphatic heterocycles. The third kappa shape index (κ3) is 4.80. The molecule has 2 heterocycles. The highest BCUT2D eigenvalue weighted by Gasteiger charge is 2.24. The highest BCUT2D eigenvalue weighted by Crippen LogP contribution is 2.38. The first kappa shape index (κ1) is 22.1. The van der Waals surface area contributed by atoms with Crippen LogP contribution in [0.5, 0.6) is 5.75 Å². The minimum absolute atomic E-state index is 0.0370. The van der Waals surface area contributed by atoms with Crippen LogP contribution in [0, 0.1) is 6.92 Å². The molecule has 0 radical (unpaired) electrons. The van der Waals surface area contributed by atoms with Gasteiger partial charge in [0.1, 0.15) is 11.5 Å². The number of rotatable bonds is 8. The van der Waals surface area contributed by atoms with Gasteiger partial charge >= 0.3 is 0 Å². The SMILES string of the molecule is Cc1nc(-c2ccccc2)c(C(CC(=O)Cc2c[nH]c3ccc(O)cc23)Cc2ccccc2)s1. The monoisotopic (exact) mass is 466 g/mol. The van der Waals surface area contributed by atoms with Crippen molar-refractivity contribution in [1.82, 2.24) is 9.97 Å². The van der Waals surface area contributed by atoms with Gasteiger partial charge in [0, 0.05) is 46.3 Å². The number of thiazole rings is 1. The van der Waals surface area contributed by atoms with E-state index in [9.17, 15) is 9.90 Å². The highest BCUT2D eigenvalue weighted by atomic mass is 32.1. The quantitative estimate of drug-likeness (QED) is 0.263. The van der Waals surface area contributed by atoms with Crippen molar-refractivity contribution in [1.29, 1.82) is 0 Å². The van der Waals surface area contributed by atoms with Gasteiger partial charge in [0.05, 0.1) is 10.7 Å². The summed E-state index contributed by atoms with van der Waals surface area (Å²) in [6, 6.07) is 25.8. The largest absolute Gasteiger partial charge is 0.508 e. The van der Waals surface area contributed by atoms with Gasteiger partial charge in [-0.3, -0.25) is 4.79 Å². The summed E-state index contributed by atoms with van der Waals surface area (Å²) in [7, 11) is 0. The maximum absolute atomic E-state index is 13.4. The summed E-state index contributed by atoms with van der Waals surface area (Å²) in [6.07, 6.45) is 3.41. The number of hydrogen-bond acceptors (Lipinski definition) is 4. The molecule has 1 atom stereocenters. The fraction of sp³-hybridized carbons (Fsp3) is 0.172. The van der Waals surface area contributed by atoms with Crippen LogP contribution in [0.1, 0.15) is 33.4 Å². The summed E-state index contributed by atoms with van der Waals surface area (Å²) in [5, 5.41) is 11.8. The molecule has 5 rings (SSSR count). The highest BCUT2D eigenvalue weighted by molar-refractivity contribution is 7.12. The fourth-order valence-corrected chi connectivity index (χ4v) is 5.60. The van der Waals surface area contributed by atoms with Crippen LogP contribution in [0.15, 0.2) is 85.1 Å². The van der Waals surface area contributed by atoms with Crippen LogP contribution in [0.3, 0.4) is 0 Å². The molecule has 0 fully saturated rings. The van der Waals surface area contributed by atoms with Gasteiger partial charge < -0.3 is 10.1 Å². The zero-order valence-corrected chi connectivity index (χ0v) is 19.8. The van der Waals surface area contributed by atoms with Crippen molar-refractivity contribution >= 4 is 28.0 Å². The van der Waals surface area contributed by atoms with E-state index in [0.29, 0.717) is 12.8 Å². The fourth-order valence-electron chi connectivity index (χ4n) is 4.55. The van der Waals surface area contributed by atoms with Crippen molar-refractivity contribution in [3.63, 3.8) is 0 Å². The number of carbonyl (C=O) groups excluding carboxylic acids is 1. The molecule has 0 saturated heterocycles. The molecule has 5 heteroatoms. The average Bonchev–Trinajstić information content (AvgIpc) is 3.43. The Balaban J connectivity index is 1.46. The number of ketones is 1. The minimum atomic E-state index is 0.0370. The predicted octanol–water partition coefficient (Wildman–Crippen LogP) is 6.83. The normalized spacial score (nSPS) is 12.1. The molecule has 4 nitrogen and oxygen atoms in total. The molecule has 0 aliphatic rings. The molecule has 0 bridgehead atoms. The van der Waals surface area contributed by atoms with Crippen molar-refractivity contribution in [2.75, 3.05) is 0 Å². The standard InChI is InChI=1S/C29H26N2O2S/c1-19-31-28(21-10-6-3-7-11-21)29(34-19)22(14-20-8-4-2-5-9-20)15-25(33)16-23-18-30-27-13-12-24(32)17-26(23)27/h2-13,17-18,22,30,32H,14-16H2,1H3. The number of aromatic nitrogens is 2. The Bertz CT molecular complexity index is 1420. The summed E-state index contributed by atoms with van der Waals surface area (Å²) < 4.78 is 0. The van der Waals surface area contributed by atoms with E-state index in [-0.39, 0.29) is 17.5 Å². The lowest BCUT2D eigenvalue weighted by atomic mass is 9.89. The van der Waals surface area contributed by atoms with Gasteiger partial charge in [0.15, 0.2) is 0 Å². The number of nitrogens with one attached hydrogen (secondary N) is 1. The molecule has 5 aromatic rings. The molecular formula is C29H26N2O2S. The van der Waals surface area contributed by atoms with E-state index in [1.165, 1.54) is 5.56 Å². The first-order valence-corrected chi connectivity index (χ1v) is 12.3. The van der Waals surface area contributed by atoms with Gasteiger partial charge in [-0.25, -0.2) is 4.98 Å². The number of aromatic amines is 1. The van der Waals surface area contributed by atoms with Crippen LogP contribution < -0.4 is 0 Å². The first-order chi connectivity index (χ1) is 16.6. The van der Waals surface area contributed by atoms with Crippen LogP contribution >= 0.6 is 11.3 Å². The number of aromatic hydroxyl groups is 1. The third-order valence-corrected chi connectivity index (χ3v) is 7.25. The van der Waals surface area contributed by atoms with E-state index in [4.69, 9.17) is 4.98 Å². The van der Waals surface area contributed by atoms with E-state index in [1.807, 2.05) is 55.6 Å². The van der Waals surface area contributed by atoms with E-state index in [2.05, 4.69) is 29.2 Å². The molecule has 2 aromatic heterocycles. The number of fused-ring (bicyclic) bond motifs is 1. The Kier molecular flexibility index (Phi) is 6.28. The van der Waals surface area contributed by atoms with Crippen LogP contribution in [0.4, 0.5) is 0 Å². The lowest BCUT2D eigenvalue weighted by Gasteiger charge is -2.17. The van der Waals surface area contributed by atoms with Crippen molar-refractivity contribution in [2.45, 2.75) is 32.1 Å². The molecule has 170 valence electrons. The van der Waals surface area contributed by atoms with Gasteiger partial charge in [-0.1, -0.05) is 60.7 Å². The van der Waals surface area contributed by atoms with E-state index < -0.39 is 0 Å². The van der Waals surface area contributed by atoms with Crippen molar-refractivity contribution < 1.29 is 9.90 Å². The summed E-state index contributed by atoms with van der Waals surface area (Å²) in [5.74, 6) is 0.417. The molecule has 3 aromatic carbocycles. The lowest BCUT2D eigenvalue weighted by molar-refractivity contribution is -0.118. The van der Waals surface area contributed by atoms with Gasteiger partial charge in [0.25, 0.3) is 0 Å². The number of hydrogen-bond donors (Lipinski definition) is 2. The van der Waals surface area contributed by atoms with Gasteiger partial charge in [-0.2, -0.15) is 0 Å². The number of nitrogens with zero attached hydrogens (tertiary/aromatic N) is 1. The third-order valence-electron chi connectivity index (χ3n) is 6.12. The topological polar surface area (TPSA) is 66.0 Å². The molecule has 2 N–H and O–H groups in total. The van der Waals surface area contributed by atoms with E-state index in [0.717, 1.165) is 44.0 Å². The summed E-state index contributed by atoms with van der Waals surface area (Å²) in [6.45, 7) is 2.03. The smallest absolute Gasteiger partial charge is 0.137 e. The maximum Gasteiger partial charge on any atom is 0.137 e. The second kappa shape index (κ2) is 9.65. The number of aryl methyl sites for hydroxylation is 1. The second-order valence-corrected chi connectivity index (χ2v) is 9.90. The molecular weight excluding hydrogens is 440 g/mol. The number of carbonyl (C=O) groups is 1. The van der Waals surface area contributed by atoms with Crippen molar-refractivity contribution in [2.24, 2.45) is 0 Å². The van der Waals surface area contributed by atoms with Gasteiger partial charge in [-0.15, -0.1) is 11.3 Å². The Morgan fingerprint density at radius 2 is 1.76 bits per heavy atom. The van der Waals surface area contributed by atoms with Crippen molar-refractivity contribution in [3.8, 4) is 17.0 Å². The molecule has 34 heavy (non-hydrogen) atoms. The van der Waals surface area contributed by atoms with E-state index >= 15 is 0 Å². The average molecular weight is 467 g/mol. The predicted molar refractivity (Wildman–Crippen MR) is 138 cm³/mol. The van der Waals surface area contributed by atoms with E-state index in [1.54, 1.807) is 23.5 Å². The molecule has 0 spiro atoms. The minimum Gasteiger partial charge on any atom is -0.508 e. The first-order valence-electron chi connectivity index (χ1n) is 11.4. The molecule has 0 amide bonds. The van der Waals surface area contributed by atoms with Gasteiger partial charge in [0.2, 0.25) is 0 Å². The molecule has 1 unspecified atom stereocenters. The maximum atomic E-state index is 13.4. The van der Waals surface area contributed by atoms with Crippen LogP contribution in [-0.2, 0) is 17.6 Å². The number of phenols is 1. The Hall–Kier alpha value is -3.70. The molecule has 0 saturated carbocycles. The number of phenolic OH excluding ortho intramolecular Hbond substituents is 1. The Morgan fingerprint density at radius 1 is 1.03 bits per heavy atom.